The predicted octanol–water partition coefficient (Wildman–Crippen LogP) is 5.60. The maximum atomic E-state index is 4.36. The summed E-state index contributed by atoms with van der Waals surface area (Å²) in [5, 5.41) is 0. The first-order chi connectivity index (χ1) is 10.8. The molecule has 3 rings (SSSR count). The Morgan fingerprint density at radius 1 is 0.591 bits per heavy atom. The Labute approximate surface area is 132 Å². The molecule has 22 heavy (non-hydrogen) atoms. The molecule has 0 bridgehead atoms. The number of allylic oxidation sites excluding steroid dienone is 1. The van der Waals surface area contributed by atoms with Crippen molar-refractivity contribution in [3.8, 4) is 0 Å². The SMILES string of the molecule is C=C(C)C(c1ccccc1)(c1ccccc1)c1ccccc1. The van der Waals surface area contributed by atoms with Gasteiger partial charge in [-0.2, -0.15) is 0 Å². The summed E-state index contributed by atoms with van der Waals surface area (Å²) in [6.45, 7) is 6.47. The van der Waals surface area contributed by atoms with Crippen molar-refractivity contribution >= 4 is 0 Å². The summed E-state index contributed by atoms with van der Waals surface area (Å²) in [6, 6.07) is 31.9. The molecule has 3 aromatic carbocycles. The molecular formula is C22H20. The Hall–Kier alpha value is -2.60. The van der Waals surface area contributed by atoms with Gasteiger partial charge in [-0.3, -0.25) is 0 Å². The fourth-order valence-corrected chi connectivity index (χ4v) is 3.30. The second kappa shape index (κ2) is 6.03. The van der Waals surface area contributed by atoms with Crippen LogP contribution in [0, 0.1) is 0 Å². The van der Waals surface area contributed by atoms with Crippen LogP contribution in [0.15, 0.2) is 103 Å². The lowest BCUT2D eigenvalue weighted by atomic mass is 9.65. The van der Waals surface area contributed by atoms with Crippen molar-refractivity contribution in [1.82, 2.24) is 0 Å². The zero-order valence-corrected chi connectivity index (χ0v) is 12.9. The van der Waals surface area contributed by atoms with Crippen LogP contribution in [0.3, 0.4) is 0 Å². The van der Waals surface area contributed by atoms with Crippen LogP contribution in [0.5, 0.6) is 0 Å². The lowest BCUT2D eigenvalue weighted by Gasteiger charge is -2.36. The molecule has 0 aromatic heterocycles. The number of rotatable bonds is 4. The van der Waals surface area contributed by atoms with Gasteiger partial charge >= 0.3 is 0 Å². The lowest BCUT2D eigenvalue weighted by molar-refractivity contribution is 0.728. The normalized spacial score (nSPS) is 11.1. The molecule has 0 aliphatic carbocycles. The van der Waals surface area contributed by atoms with Crippen LogP contribution in [-0.4, -0.2) is 0 Å². The summed E-state index contributed by atoms with van der Waals surface area (Å²) < 4.78 is 0. The molecule has 3 aromatic rings. The van der Waals surface area contributed by atoms with E-state index >= 15 is 0 Å². The molecule has 0 amide bonds. The zero-order chi connectivity index (χ0) is 15.4. The van der Waals surface area contributed by atoms with Gasteiger partial charge < -0.3 is 0 Å². The van der Waals surface area contributed by atoms with Gasteiger partial charge in [0.15, 0.2) is 0 Å². The third kappa shape index (κ3) is 2.27. The highest BCUT2D eigenvalue weighted by Gasteiger charge is 2.36. The second-order valence-corrected chi connectivity index (χ2v) is 5.63. The first-order valence-electron chi connectivity index (χ1n) is 7.59. The van der Waals surface area contributed by atoms with Gasteiger partial charge in [0.1, 0.15) is 0 Å². The Morgan fingerprint density at radius 2 is 0.864 bits per heavy atom. The zero-order valence-electron chi connectivity index (χ0n) is 12.9. The molecule has 0 N–H and O–H groups in total. The molecule has 0 nitrogen and oxygen atoms in total. The van der Waals surface area contributed by atoms with Crippen LogP contribution >= 0.6 is 0 Å². The Morgan fingerprint density at radius 3 is 1.09 bits per heavy atom. The fourth-order valence-electron chi connectivity index (χ4n) is 3.30. The fraction of sp³-hybridized carbons (Fsp3) is 0.0909. The summed E-state index contributed by atoms with van der Waals surface area (Å²) in [5.41, 5.74) is 4.56. The van der Waals surface area contributed by atoms with Crippen molar-refractivity contribution in [3.63, 3.8) is 0 Å². The molecule has 0 heteroatoms. The third-order valence-electron chi connectivity index (χ3n) is 4.26. The average molecular weight is 284 g/mol. The highest BCUT2D eigenvalue weighted by Crippen LogP contribution is 2.44. The minimum absolute atomic E-state index is 0.316. The lowest BCUT2D eigenvalue weighted by Crippen LogP contribution is -2.30. The van der Waals surface area contributed by atoms with Crippen LogP contribution in [0.1, 0.15) is 23.6 Å². The van der Waals surface area contributed by atoms with Crippen molar-refractivity contribution < 1.29 is 0 Å². The first-order valence-corrected chi connectivity index (χ1v) is 7.59. The first kappa shape index (κ1) is 14.3. The summed E-state index contributed by atoms with van der Waals surface area (Å²) in [5.74, 6) is 0. The van der Waals surface area contributed by atoms with E-state index in [9.17, 15) is 0 Å². The largest absolute Gasteiger partial charge is 0.0986 e. The van der Waals surface area contributed by atoms with Gasteiger partial charge in [0.05, 0.1) is 5.41 Å². The van der Waals surface area contributed by atoms with E-state index in [1.165, 1.54) is 16.7 Å². The number of hydrogen-bond acceptors (Lipinski definition) is 0. The molecule has 0 heterocycles. The van der Waals surface area contributed by atoms with Crippen molar-refractivity contribution in [2.24, 2.45) is 0 Å². The van der Waals surface area contributed by atoms with E-state index in [1.54, 1.807) is 0 Å². The van der Waals surface area contributed by atoms with Gasteiger partial charge in [0.2, 0.25) is 0 Å². The molecule has 0 atom stereocenters. The van der Waals surface area contributed by atoms with Crippen LogP contribution < -0.4 is 0 Å². The smallest absolute Gasteiger partial charge is 0.0656 e. The van der Waals surface area contributed by atoms with Gasteiger partial charge in [0, 0.05) is 0 Å². The second-order valence-electron chi connectivity index (χ2n) is 5.63. The minimum Gasteiger partial charge on any atom is -0.0986 e. The molecule has 0 saturated heterocycles. The monoisotopic (exact) mass is 284 g/mol. The van der Waals surface area contributed by atoms with E-state index < -0.39 is 0 Å². The molecule has 108 valence electrons. The third-order valence-corrected chi connectivity index (χ3v) is 4.26. The number of hydrogen-bond donors (Lipinski definition) is 0. The average Bonchev–Trinajstić information content (AvgIpc) is 2.58. The molecule has 0 aliphatic heterocycles. The van der Waals surface area contributed by atoms with Crippen LogP contribution in [-0.2, 0) is 5.41 Å². The van der Waals surface area contributed by atoms with Gasteiger partial charge in [-0.1, -0.05) is 103 Å². The molecule has 0 spiro atoms. The standard InChI is InChI=1S/C22H20/c1-18(2)22(19-12-6-3-7-13-19,20-14-8-4-9-15-20)21-16-10-5-11-17-21/h3-17H,1H2,2H3. The summed E-state index contributed by atoms with van der Waals surface area (Å²) in [6.07, 6.45) is 0. The van der Waals surface area contributed by atoms with E-state index in [2.05, 4.69) is 104 Å². The molecule has 0 fully saturated rings. The van der Waals surface area contributed by atoms with E-state index in [4.69, 9.17) is 0 Å². The highest BCUT2D eigenvalue weighted by atomic mass is 14.4. The Balaban J connectivity index is 2.37. The van der Waals surface area contributed by atoms with Crippen molar-refractivity contribution in [2.75, 3.05) is 0 Å². The van der Waals surface area contributed by atoms with Gasteiger partial charge in [-0.25, -0.2) is 0 Å². The maximum absolute atomic E-state index is 4.36. The van der Waals surface area contributed by atoms with E-state index in [0.29, 0.717) is 0 Å². The summed E-state index contributed by atoms with van der Waals surface area (Å²) >= 11 is 0. The van der Waals surface area contributed by atoms with Crippen LogP contribution in [0.2, 0.25) is 0 Å². The number of benzene rings is 3. The van der Waals surface area contributed by atoms with Crippen LogP contribution in [0.25, 0.3) is 0 Å². The van der Waals surface area contributed by atoms with Crippen molar-refractivity contribution in [2.45, 2.75) is 12.3 Å². The van der Waals surface area contributed by atoms with Gasteiger partial charge in [-0.15, -0.1) is 0 Å². The molecule has 0 unspecified atom stereocenters. The summed E-state index contributed by atoms with van der Waals surface area (Å²) in [4.78, 5) is 0. The van der Waals surface area contributed by atoms with Gasteiger partial charge in [-0.05, 0) is 23.6 Å². The van der Waals surface area contributed by atoms with E-state index in [1.807, 2.05) is 0 Å². The summed E-state index contributed by atoms with van der Waals surface area (Å²) in [7, 11) is 0. The molecule has 0 radical (unpaired) electrons. The highest BCUT2D eigenvalue weighted by molar-refractivity contribution is 5.57. The van der Waals surface area contributed by atoms with Crippen molar-refractivity contribution in [3.05, 3.63) is 120 Å². The molecular weight excluding hydrogens is 264 g/mol. The van der Waals surface area contributed by atoms with E-state index in [-0.39, 0.29) is 5.41 Å². The van der Waals surface area contributed by atoms with Crippen LogP contribution in [0.4, 0.5) is 0 Å². The Kier molecular flexibility index (Phi) is 3.93. The minimum atomic E-state index is -0.316. The quantitative estimate of drug-likeness (QED) is 0.432. The molecule has 0 saturated carbocycles. The van der Waals surface area contributed by atoms with Gasteiger partial charge in [0.25, 0.3) is 0 Å². The topological polar surface area (TPSA) is 0 Å². The maximum Gasteiger partial charge on any atom is 0.0656 e. The Bertz CT molecular complexity index is 643. The van der Waals surface area contributed by atoms with Crippen molar-refractivity contribution in [1.29, 1.82) is 0 Å². The predicted molar refractivity (Wildman–Crippen MR) is 94.0 cm³/mol. The van der Waals surface area contributed by atoms with E-state index in [0.717, 1.165) is 5.57 Å². The molecule has 0 aliphatic rings.